The molecule has 0 aliphatic rings. The van der Waals surface area contributed by atoms with Gasteiger partial charge in [0.25, 0.3) is 0 Å². The zero-order valence-corrected chi connectivity index (χ0v) is 8.14. The average molecular weight is 203 g/mol. The summed E-state index contributed by atoms with van der Waals surface area (Å²) in [6.07, 6.45) is 3.03. The van der Waals surface area contributed by atoms with Crippen LogP contribution in [-0.2, 0) is 0 Å². The number of hydrogen-bond acceptors (Lipinski definition) is 3. The van der Waals surface area contributed by atoms with Gasteiger partial charge in [-0.2, -0.15) is 0 Å². The first-order chi connectivity index (χ1) is 7.18. The number of para-hydroxylation sites is 1. The topological polar surface area (TPSA) is 56.3 Å². The summed E-state index contributed by atoms with van der Waals surface area (Å²) in [6.45, 7) is 1.46. The summed E-state index contributed by atoms with van der Waals surface area (Å²) in [6, 6.07) is 7.43. The monoisotopic (exact) mass is 203 g/mol. The van der Waals surface area contributed by atoms with Crippen LogP contribution in [0.3, 0.4) is 0 Å². The Kier molecular flexibility index (Phi) is 2.25. The van der Waals surface area contributed by atoms with Crippen molar-refractivity contribution in [3.63, 3.8) is 0 Å². The highest BCUT2D eigenvalue weighted by atomic mass is 16.6. The van der Waals surface area contributed by atoms with Crippen molar-refractivity contribution >= 4 is 17.0 Å². The summed E-state index contributed by atoms with van der Waals surface area (Å²) in [5, 5.41) is 11.4. The molecular weight excluding hydrogens is 194 g/mol. The van der Waals surface area contributed by atoms with Gasteiger partial charge in [0.15, 0.2) is 0 Å². The number of hydrogen-bond donors (Lipinski definition) is 0. The SMILES string of the molecule is C/C(=C/c1coc2ccccc12)[N+](=O)[O-]. The molecule has 2 rings (SSSR count). The van der Waals surface area contributed by atoms with Crippen LogP contribution < -0.4 is 0 Å². The molecule has 76 valence electrons. The molecule has 0 aliphatic carbocycles. The minimum Gasteiger partial charge on any atom is -0.464 e. The van der Waals surface area contributed by atoms with E-state index in [0.29, 0.717) is 0 Å². The van der Waals surface area contributed by atoms with Crippen LogP contribution in [0.4, 0.5) is 0 Å². The molecule has 2 aromatic rings. The summed E-state index contributed by atoms with van der Waals surface area (Å²) in [7, 11) is 0. The normalized spacial score (nSPS) is 11.9. The standard InChI is InChI=1S/C11H9NO3/c1-8(12(13)14)6-9-7-15-11-5-3-2-4-10(9)11/h2-7H,1H3/b8-6-. The summed E-state index contributed by atoms with van der Waals surface area (Å²) in [4.78, 5) is 10.1. The van der Waals surface area contributed by atoms with Gasteiger partial charge < -0.3 is 4.42 Å². The number of nitrogens with zero attached hydrogens (tertiary/aromatic N) is 1. The Balaban J connectivity index is 2.54. The Labute approximate surface area is 86.0 Å². The van der Waals surface area contributed by atoms with E-state index in [-0.39, 0.29) is 5.70 Å². The Hall–Kier alpha value is -2.10. The molecule has 0 atom stereocenters. The van der Waals surface area contributed by atoms with Crippen molar-refractivity contribution in [1.29, 1.82) is 0 Å². The van der Waals surface area contributed by atoms with Gasteiger partial charge in [-0.1, -0.05) is 18.2 Å². The van der Waals surface area contributed by atoms with Crippen LogP contribution >= 0.6 is 0 Å². The van der Waals surface area contributed by atoms with E-state index in [1.807, 2.05) is 24.3 Å². The zero-order chi connectivity index (χ0) is 10.8. The Morgan fingerprint density at radius 3 is 2.93 bits per heavy atom. The Morgan fingerprint density at radius 1 is 1.47 bits per heavy atom. The summed E-state index contributed by atoms with van der Waals surface area (Å²) >= 11 is 0. The van der Waals surface area contributed by atoms with Crippen molar-refractivity contribution in [2.75, 3.05) is 0 Å². The van der Waals surface area contributed by atoms with E-state index < -0.39 is 4.92 Å². The molecule has 0 spiro atoms. The second kappa shape index (κ2) is 3.57. The minimum absolute atomic E-state index is 0.0987. The van der Waals surface area contributed by atoms with Crippen molar-refractivity contribution in [1.82, 2.24) is 0 Å². The van der Waals surface area contributed by atoms with Crippen LogP contribution in [0.15, 0.2) is 40.6 Å². The number of rotatable bonds is 2. The number of furan rings is 1. The second-order valence-electron chi connectivity index (χ2n) is 3.23. The molecule has 0 radical (unpaired) electrons. The van der Waals surface area contributed by atoms with Crippen LogP contribution in [0, 0.1) is 10.1 Å². The van der Waals surface area contributed by atoms with Crippen LogP contribution in [0.25, 0.3) is 17.0 Å². The summed E-state index contributed by atoms with van der Waals surface area (Å²) in [5.41, 5.74) is 1.57. The maximum absolute atomic E-state index is 10.5. The number of benzene rings is 1. The molecule has 1 aromatic carbocycles. The first-order valence-electron chi connectivity index (χ1n) is 4.47. The zero-order valence-electron chi connectivity index (χ0n) is 8.14. The van der Waals surface area contributed by atoms with Gasteiger partial charge in [-0.3, -0.25) is 10.1 Å². The minimum atomic E-state index is -0.415. The fourth-order valence-electron chi connectivity index (χ4n) is 1.39. The van der Waals surface area contributed by atoms with Crippen molar-refractivity contribution in [2.45, 2.75) is 6.92 Å². The van der Waals surface area contributed by atoms with Gasteiger partial charge >= 0.3 is 0 Å². The lowest BCUT2D eigenvalue weighted by Gasteiger charge is -1.90. The van der Waals surface area contributed by atoms with E-state index in [2.05, 4.69) is 0 Å². The van der Waals surface area contributed by atoms with Crippen LogP contribution in [0.5, 0.6) is 0 Å². The molecule has 0 amide bonds. The highest BCUT2D eigenvalue weighted by molar-refractivity contribution is 5.87. The van der Waals surface area contributed by atoms with E-state index in [0.717, 1.165) is 16.5 Å². The molecule has 0 saturated carbocycles. The predicted octanol–water partition coefficient (Wildman–Crippen LogP) is 3.07. The molecule has 0 bridgehead atoms. The van der Waals surface area contributed by atoms with E-state index in [9.17, 15) is 10.1 Å². The van der Waals surface area contributed by atoms with Crippen molar-refractivity contribution in [2.24, 2.45) is 0 Å². The highest BCUT2D eigenvalue weighted by Crippen LogP contribution is 2.22. The first-order valence-corrected chi connectivity index (χ1v) is 4.47. The maximum Gasteiger partial charge on any atom is 0.243 e. The lowest BCUT2D eigenvalue weighted by Crippen LogP contribution is -1.92. The number of allylic oxidation sites excluding steroid dienone is 1. The molecule has 0 N–H and O–H groups in total. The van der Waals surface area contributed by atoms with E-state index in [1.54, 1.807) is 0 Å². The van der Waals surface area contributed by atoms with E-state index in [4.69, 9.17) is 4.42 Å². The third kappa shape index (κ3) is 1.74. The van der Waals surface area contributed by atoms with Gasteiger partial charge in [0.05, 0.1) is 11.2 Å². The lowest BCUT2D eigenvalue weighted by atomic mass is 10.1. The fraction of sp³-hybridized carbons (Fsp3) is 0.0909. The number of nitro groups is 1. The lowest BCUT2D eigenvalue weighted by molar-refractivity contribution is -0.422. The average Bonchev–Trinajstić information content (AvgIpc) is 2.62. The van der Waals surface area contributed by atoms with Crippen molar-refractivity contribution in [3.05, 3.63) is 51.9 Å². The molecular formula is C11H9NO3. The second-order valence-corrected chi connectivity index (χ2v) is 3.23. The third-order valence-electron chi connectivity index (χ3n) is 2.16. The molecule has 0 aliphatic heterocycles. The Bertz CT molecular complexity index is 540. The number of fused-ring (bicyclic) bond motifs is 1. The first kappa shape index (κ1) is 9.45. The summed E-state index contributed by atoms with van der Waals surface area (Å²) < 4.78 is 5.26. The van der Waals surface area contributed by atoms with Gasteiger partial charge in [0, 0.05) is 23.9 Å². The fourth-order valence-corrected chi connectivity index (χ4v) is 1.39. The van der Waals surface area contributed by atoms with Gasteiger partial charge in [0.1, 0.15) is 5.58 Å². The maximum atomic E-state index is 10.5. The molecule has 1 heterocycles. The van der Waals surface area contributed by atoms with Crippen molar-refractivity contribution < 1.29 is 9.34 Å². The van der Waals surface area contributed by atoms with E-state index >= 15 is 0 Å². The van der Waals surface area contributed by atoms with E-state index in [1.165, 1.54) is 19.3 Å². The van der Waals surface area contributed by atoms with Gasteiger partial charge in [0.2, 0.25) is 5.70 Å². The molecule has 0 fully saturated rings. The quantitative estimate of drug-likeness (QED) is 0.556. The molecule has 0 saturated heterocycles. The van der Waals surface area contributed by atoms with Crippen LogP contribution in [-0.4, -0.2) is 4.92 Å². The molecule has 15 heavy (non-hydrogen) atoms. The molecule has 1 aromatic heterocycles. The smallest absolute Gasteiger partial charge is 0.243 e. The largest absolute Gasteiger partial charge is 0.464 e. The Morgan fingerprint density at radius 2 is 2.20 bits per heavy atom. The van der Waals surface area contributed by atoms with Crippen LogP contribution in [0.2, 0.25) is 0 Å². The molecule has 4 nitrogen and oxygen atoms in total. The highest BCUT2D eigenvalue weighted by Gasteiger charge is 2.07. The van der Waals surface area contributed by atoms with Gasteiger partial charge in [-0.25, -0.2) is 0 Å². The molecule has 0 unspecified atom stereocenters. The van der Waals surface area contributed by atoms with Gasteiger partial charge in [-0.15, -0.1) is 0 Å². The summed E-state index contributed by atoms with van der Waals surface area (Å²) in [5.74, 6) is 0. The van der Waals surface area contributed by atoms with Crippen molar-refractivity contribution in [3.8, 4) is 0 Å². The van der Waals surface area contributed by atoms with Gasteiger partial charge in [-0.05, 0) is 6.07 Å². The third-order valence-corrected chi connectivity index (χ3v) is 2.16. The predicted molar refractivity (Wildman–Crippen MR) is 56.9 cm³/mol. The molecule has 4 heteroatoms. The van der Waals surface area contributed by atoms with Crippen LogP contribution in [0.1, 0.15) is 12.5 Å².